The van der Waals surface area contributed by atoms with Gasteiger partial charge in [-0.3, -0.25) is 14.4 Å². The number of rotatable bonds is 2. The zero-order valence-electron chi connectivity index (χ0n) is 18.0. The number of fused-ring (bicyclic) bond motifs is 5. The summed E-state index contributed by atoms with van der Waals surface area (Å²) in [6.07, 6.45) is 5.73. The van der Waals surface area contributed by atoms with Crippen LogP contribution in [0.4, 0.5) is 0 Å². The van der Waals surface area contributed by atoms with Gasteiger partial charge in [-0.25, -0.2) is 0 Å². The summed E-state index contributed by atoms with van der Waals surface area (Å²) in [7, 11) is 1.35. The average molecular weight is 407 g/mol. The summed E-state index contributed by atoms with van der Waals surface area (Å²) in [6, 6.07) is 0. The Bertz CT molecular complexity index is 733. The molecule has 0 radical (unpaired) electrons. The minimum atomic E-state index is -1.15. The van der Waals surface area contributed by atoms with Crippen LogP contribution >= 0.6 is 0 Å². The maximum absolute atomic E-state index is 13.5. The highest BCUT2D eigenvalue weighted by molar-refractivity contribution is 5.93. The van der Waals surface area contributed by atoms with Gasteiger partial charge in [0, 0.05) is 13.3 Å². The van der Waals surface area contributed by atoms with Crippen LogP contribution in [0.3, 0.4) is 0 Å². The Labute approximate surface area is 172 Å². The van der Waals surface area contributed by atoms with Gasteiger partial charge in [-0.05, 0) is 75.0 Å². The molecular weight excluding hydrogens is 372 g/mol. The molecule has 0 aliphatic heterocycles. The number of ketones is 1. The van der Waals surface area contributed by atoms with E-state index >= 15 is 0 Å². The van der Waals surface area contributed by atoms with Gasteiger partial charge < -0.3 is 14.6 Å². The molecule has 0 bridgehead atoms. The third kappa shape index (κ3) is 2.74. The van der Waals surface area contributed by atoms with Crippen molar-refractivity contribution in [3.05, 3.63) is 0 Å². The van der Waals surface area contributed by atoms with E-state index in [-0.39, 0.29) is 41.1 Å². The van der Waals surface area contributed by atoms with Crippen LogP contribution in [0, 0.1) is 34.5 Å². The number of Topliss-reactive ketones (excluding diaryl/α,β-unsaturated/α-hetero) is 1. The predicted octanol–water partition coefficient (Wildman–Crippen LogP) is 3.04. The summed E-state index contributed by atoms with van der Waals surface area (Å²) in [6.45, 7) is 5.52. The predicted molar refractivity (Wildman–Crippen MR) is 105 cm³/mol. The first-order valence-corrected chi connectivity index (χ1v) is 11.1. The molecule has 6 heteroatoms. The molecule has 0 spiro atoms. The molecule has 4 rings (SSSR count). The van der Waals surface area contributed by atoms with E-state index in [1.807, 2.05) is 0 Å². The Kier molecular flexibility index (Phi) is 4.88. The largest absolute Gasteiger partial charge is 0.469 e. The van der Waals surface area contributed by atoms with Gasteiger partial charge in [-0.15, -0.1) is 0 Å². The Morgan fingerprint density at radius 3 is 2.45 bits per heavy atom. The van der Waals surface area contributed by atoms with E-state index in [1.54, 1.807) is 6.92 Å². The lowest BCUT2D eigenvalue weighted by atomic mass is 9.43. The van der Waals surface area contributed by atoms with Crippen LogP contribution in [-0.4, -0.2) is 41.6 Å². The maximum atomic E-state index is 13.5. The van der Waals surface area contributed by atoms with Gasteiger partial charge >= 0.3 is 11.9 Å². The normalized spacial score (nSPS) is 48.9. The number of carbonyl (C=O) groups is 3. The molecule has 29 heavy (non-hydrogen) atoms. The van der Waals surface area contributed by atoms with Crippen LogP contribution in [0.25, 0.3) is 0 Å². The first-order chi connectivity index (χ1) is 13.6. The molecule has 0 amide bonds. The third-order valence-corrected chi connectivity index (χ3v) is 9.47. The summed E-state index contributed by atoms with van der Waals surface area (Å²) < 4.78 is 10.5. The minimum Gasteiger partial charge on any atom is -0.469 e. The van der Waals surface area contributed by atoms with Gasteiger partial charge in [0.15, 0.2) is 0 Å². The van der Waals surface area contributed by atoms with Crippen LogP contribution < -0.4 is 0 Å². The molecule has 0 aromatic heterocycles. The molecule has 0 aromatic carbocycles. The minimum absolute atomic E-state index is 0.0122. The van der Waals surface area contributed by atoms with Crippen molar-refractivity contribution in [2.45, 2.75) is 83.8 Å². The second-order valence-electron chi connectivity index (χ2n) is 10.4. The van der Waals surface area contributed by atoms with Crippen LogP contribution in [0.5, 0.6) is 0 Å². The number of hydrogen-bond acceptors (Lipinski definition) is 6. The number of hydrogen-bond donors (Lipinski definition) is 1. The van der Waals surface area contributed by atoms with Crippen LogP contribution in [0.15, 0.2) is 0 Å². The zero-order valence-corrected chi connectivity index (χ0v) is 18.0. The van der Waals surface area contributed by atoms with Gasteiger partial charge in [-0.1, -0.05) is 6.92 Å². The van der Waals surface area contributed by atoms with Crippen molar-refractivity contribution in [2.75, 3.05) is 7.11 Å². The fourth-order valence-electron chi connectivity index (χ4n) is 7.77. The molecule has 0 heterocycles. The average Bonchev–Trinajstić information content (AvgIpc) is 2.95. The molecule has 4 aliphatic carbocycles. The Morgan fingerprint density at radius 1 is 1.07 bits per heavy atom. The monoisotopic (exact) mass is 406 g/mol. The molecule has 0 aromatic rings. The molecular formula is C23H34O6. The van der Waals surface area contributed by atoms with E-state index in [1.165, 1.54) is 14.0 Å². The molecule has 4 fully saturated rings. The highest BCUT2D eigenvalue weighted by Crippen LogP contribution is 2.68. The van der Waals surface area contributed by atoms with Crippen molar-refractivity contribution in [2.24, 2.45) is 34.5 Å². The summed E-state index contributed by atoms with van der Waals surface area (Å²) in [4.78, 5) is 37.3. The summed E-state index contributed by atoms with van der Waals surface area (Å²) in [5.41, 5.74) is -2.25. The quantitative estimate of drug-likeness (QED) is 0.709. The molecule has 0 saturated heterocycles. The topological polar surface area (TPSA) is 89.9 Å². The van der Waals surface area contributed by atoms with Gasteiger partial charge in [0.1, 0.15) is 11.9 Å². The van der Waals surface area contributed by atoms with Gasteiger partial charge in [0.2, 0.25) is 0 Å². The molecule has 0 unspecified atom stereocenters. The molecule has 162 valence electrons. The van der Waals surface area contributed by atoms with E-state index < -0.39 is 16.9 Å². The first-order valence-electron chi connectivity index (χ1n) is 11.1. The van der Waals surface area contributed by atoms with Crippen LogP contribution in [-0.2, 0) is 23.9 Å². The van der Waals surface area contributed by atoms with Crippen molar-refractivity contribution in [3.8, 4) is 0 Å². The fourth-order valence-corrected chi connectivity index (χ4v) is 7.77. The fraction of sp³-hybridized carbons (Fsp3) is 0.870. The lowest BCUT2D eigenvalue weighted by Crippen LogP contribution is -2.66. The van der Waals surface area contributed by atoms with Gasteiger partial charge in [-0.2, -0.15) is 0 Å². The number of methoxy groups -OCH3 is 1. The SMILES string of the molecule is COC(=O)[C@H]1CC[C@@]2(O)[C@@H]3CC[C@@H]4C[C@@H](OC(C)=O)CC[C@]4(C)[C@H]3CC(=O)[C@]12C. The molecule has 4 aliphatic rings. The van der Waals surface area contributed by atoms with E-state index in [0.29, 0.717) is 25.2 Å². The first kappa shape index (κ1) is 20.8. The second kappa shape index (κ2) is 6.79. The van der Waals surface area contributed by atoms with Crippen molar-refractivity contribution < 1.29 is 29.0 Å². The molecule has 1 N–H and O–H groups in total. The Hall–Kier alpha value is -1.43. The molecule has 4 saturated carbocycles. The summed E-state index contributed by atoms with van der Waals surface area (Å²) in [5.74, 6) is -0.635. The van der Waals surface area contributed by atoms with E-state index in [4.69, 9.17) is 9.47 Å². The Morgan fingerprint density at radius 2 is 1.79 bits per heavy atom. The number of carbonyl (C=O) groups excluding carboxylic acids is 3. The van der Waals surface area contributed by atoms with Crippen LogP contribution in [0.1, 0.15) is 72.1 Å². The Balaban J connectivity index is 1.64. The van der Waals surface area contributed by atoms with Gasteiger partial charge in [0.25, 0.3) is 0 Å². The van der Waals surface area contributed by atoms with Crippen molar-refractivity contribution in [1.29, 1.82) is 0 Å². The van der Waals surface area contributed by atoms with Crippen molar-refractivity contribution >= 4 is 17.7 Å². The van der Waals surface area contributed by atoms with E-state index in [9.17, 15) is 19.5 Å². The lowest BCUT2D eigenvalue weighted by molar-refractivity contribution is -0.210. The third-order valence-electron chi connectivity index (χ3n) is 9.47. The lowest BCUT2D eigenvalue weighted by Gasteiger charge is -2.62. The van der Waals surface area contributed by atoms with E-state index in [2.05, 4.69) is 6.92 Å². The standard InChI is InChI=1S/C23H34O6/c1-13(24)29-15-7-9-21(2)14(11-15)5-6-16-18(21)12-19(25)22(3)17(20(26)28-4)8-10-23(16,22)27/h14-18,27H,5-12H2,1-4H3/t14-,15+,16-,17-,18+,21+,22+,23-/m1/s1. The number of ether oxygens (including phenoxy) is 2. The van der Waals surface area contributed by atoms with Crippen molar-refractivity contribution in [3.63, 3.8) is 0 Å². The van der Waals surface area contributed by atoms with Crippen molar-refractivity contribution in [1.82, 2.24) is 0 Å². The highest BCUT2D eigenvalue weighted by Gasteiger charge is 2.72. The summed E-state index contributed by atoms with van der Waals surface area (Å²) >= 11 is 0. The number of esters is 2. The van der Waals surface area contributed by atoms with Crippen LogP contribution in [0.2, 0.25) is 0 Å². The van der Waals surface area contributed by atoms with Gasteiger partial charge in [0.05, 0.1) is 24.0 Å². The smallest absolute Gasteiger partial charge is 0.309 e. The maximum Gasteiger partial charge on any atom is 0.309 e. The van der Waals surface area contributed by atoms with E-state index in [0.717, 1.165) is 32.1 Å². The second-order valence-corrected chi connectivity index (χ2v) is 10.4. The summed E-state index contributed by atoms with van der Waals surface area (Å²) in [5, 5.41) is 11.9. The zero-order chi connectivity index (χ0) is 21.2. The molecule has 8 atom stereocenters. The highest BCUT2D eigenvalue weighted by atomic mass is 16.5. The number of aliphatic hydroxyl groups is 1. The molecule has 6 nitrogen and oxygen atoms in total.